The summed E-state index contributed by atoms with van der Waals surface area (Å²) in [5.41, 5.74) is 5.38. The van der Waals surface area contributed by atoms with Crippen molar-refractivity contribution in [3.8, 4) is 0 Å². The van der Waals surface area contributed by atoms with Crippen molar-refractivity contribution in [3.63, 3.8) is 0 Å². The van der Waals surface area contributed by atoms with E-state index in [-0.39, 0.29) is 11.2 Å². The number of carbonyl (C=O) groups is 2. The van der Waals surface area contributed by atoms with Crippen molar-refractivity contribution in [1.82, 2.24) is 5.32 Å². The Balaban J connectivity index is 3.71. The second-order valence-electron chi connectivity index (χ2n) is 4.72. The first-order chi connectivity index (χ1) is 8.34. The lowest BCUT2D eigenvalue weighted by atomic mass is 10.1. The number of nitrogens with one attached hydrogen (secondary N) is 1. The van der Waals surface area contributed by atoms with Crippen molar-refractivity contribution >= 4 is 23.6 Å². The van der Waals surface area contributed by atoms with Crippen LogP contribution in [0.3, 0.4) is 0 Å². The maximum Gasteiger partial charge on any atom is 0.320 e. The fourth-order valence-corrected chi connectivity index (χ4v) is 2.18. The molecule has 0 saturated carbocycles. The monoisotopic (exact) mass is 276 g/mol. The predicted octanol–water partition coefficient (Wildman–Crippen LogP) is 1.07. The molecule has 0 bridgehead atoms. The van der Waals surface area contributed by atoms with Crippen LogP contribution in [0.1, 0.15) is 33.6 Å². The highest BCUT2D eigenvalue weighted by molar-refractivity contribution is 8.00. The van der Waals surface area contributed by atoms with Gasteiger partial charge in [-0.2, -0.15) is 0 Å². The van der Waals surface area contributed by atoms with Gasteiger partial charge in [-0.25, -0.2) is 0 Å². The molecule has 106 valence electrons. The quantitative estimate of drug-likeness (QED) is 0.586. The maximum atomic E-state index is 11.7. The van der Waals surface area contributed by atoms with Crippen LogP contribution in [0, 0.1) is 5.92 Å². The third kappa shape index (κ3) is 8.36. The molecule has 0 aromatic carbocycles. The summed E-state index contributed by atoms with van der Waals surface area (Å²) >= 11 is 1.43. The molecule has 0 spiro atoms. The lowest BCUT2D eigenvalue weighted by Gasteiger charge is -2.13. The summed E-state index contributed by atoms with van der Waals surface area (Å²) < 4.78 is 0. The molecule has 0 aliphatic heterocycles. The highest BCUT2D eigenvalue weighted by Crippen LogP contribution is 2.12. The number of thioether (sulfide) groups is 1. The molecule has 0 saturated heterocycles. The standard InChI is InChI=1S/C12H24N2O3S/c1-8(2)4-6-14-11(15)9(3)18-7-5-10(13)12(16)17/h8-10H,4-7,13H2,1-3H3,(H,14,15)(H,16,17). The van der Waals surface area contributed by atoms with Crippen molar-refractivity contribution in [2.45, 2.75) is 44.9 Å². The van der Waals surface area contributed by atoms with E-state index in [4.69, 9.17) is 10.8 Å². The van der Waals surface area contributed by atoms with Crippen LogP contribution in [0.4, 0.5) is 0 Å². The van der Waals surface area contributed by atoms with Crippen molar-refractivity contribution < 1.29 is 14.7 Å². The summed E-state index contributed by atoms with van der Waals surface area (Å²) in [7, 11) is 0. The van der Waals surface area contributed by atoms with E-state index in [0.29, 0.717) is 24.6 Å². The SMILES string of the molecule is CC(C)CCNC(=O)C(C)SCCC(N)C(=O)O. The number of amides is 1. The van der Waals surface area contributed by atoms with Crippen LogP contribution in [-0.2, 0) is 9.59 Å². The Morgan fingerprint density at radius 1 is 1.28 bits per heavy atom. The van der Waals surface area contributed by atoms with E-state index in [0.717, 1.165) is 6.42 Å². The molecule has 0 aromatic heterocycles. The maximum absolute atomic E-state index is 11.7. The van der Waals surface area contributed by atoms with Gasteiger partial charge in [-0.1, -0.05) is 13.8 Å². The van der Waals surface area contributed by atoms with Gasteiger partial charge in [0.25, 0.3) is 0 Å². The van der Waals surface area contributed by atoms with Gasteiger partial charge in [0.2, 0.25) is 5.91 Å². The zero-order valence-electron chi connectivity index (χ0n) is 11.3. The lowest BCUT2D eigenvalue weighted by molar-refractivity contribution is -0.138. The number of hydrogen-bond donors (Lipinski definition) is 3. The Hall–Kier alpha value is -0.750. The number of carboxylic acid groups (broad SMARTS) is 1. The normalized spacial score (nSPS) is 14.3. The average Bonchev–Trinajstić information content (AvgIpc) is 2.27. The Morgan fingerprint density at radius 3 is 2.39 bits per heavy atom. The van der Waals surface area contributed by atoms with Gasteiger partial charge in [-0.3, -0.25) is 9.59 Å². The van der Waals surface area contributed by atoms with E-state index in [2.05, 4.69) is 19.2 Å². The van der Waals surface area contributed by atoms with Crippen molar-refractivity contribution in [2.75, 3.05) is 12.3 Å². The first kappa shape index (κ1) is 17.2. The van der Waals surface area contributed by atoms with Crippen LogP contribution in [0.5, 0.6) is 0 Å². The highest BCUT2D eigenvalue weighted by Gasteiger charge is 2.15. The first-order valence-electron chi connectivity index (χ1n) is 6.22. The van der Waals surface area contributed by atoms with Gasteiger partial charge in [0.1, 0.15) is 6.04 Å². The van der Waals surface area contributed by atoms with E-state index < -0.39 is 12.0 Å². The minimum absolute atomic E-state index is 0.00421. The number of carbonyl (C=O) groups excluding carboxylic acids is 1. The van der Waals surface area contributed by atoms with Gasteiger partial charge >= 0.3 is 5.97 Å². The number of aliphatic carboxylic acids is 1. The van der Waals surface area contributed by atoms with Crippen LogP contribution < -0.4 is 11.1 Å². The van der Waals surface area contributed by atoms with Crippen molar-refractivity contribution in [2.24, 2.45) is 11.7 Å². The zero-order valence-corrected chi connectivity index (χ0v) is 12.1. The number of rotatable bonds is 9. The molecule has 0 aliphatic carbocycles. The van der Waals surface area contributed by atoms with Gasteiger partial charge in [0, 0.05) is 6.54 Å². The fraction of sp³-hybridized carbons (Fsp3) is 0.833. The van der Waals surface area contributed by atoms with Crippen molar-refractivity contribution in [3.05, 3.63) is 0 Å². The molecule has 0 heterocycles. The molecular formula is C12H24N2O3S. The summed E-state index contributed by atoms with van der Waals surface area (Å²) in [4.78, 5) is 22.2. The molecule has 4 N–H and O–H groups in total. The van der Waals surface area contributed by atoms with E-state index in [1.807, 2.05) is 6.92 Å². The summed E-state index contributed by atoms with van der Waals surface area (Å²) in [6.45, 7) is 6.73. The molecule has 18 heavy (non-hydrogen) atoms. The Bertz CT molecular complexity index is 272. The highest BCUT2D eigenvalue weighted by atomic mass is 32.2. The Labute approximate surface area is 113 Å². The molecule has 5 nitrogen and oxygen atoms in total. The molecule has 0 aromatic rings. The van der Waals surface area contributed by atoms with Gasteiger partial charge in [-0.15, -0.1) is 11.8 Å². The van der Waals surface area contributed by atoms with Crippen LogP contribution >= 0.6 is 11.8 Å². The van der Waals surface area contributed by atoms with Gasteiger partial charge < -0.3 is 16.2 Å². The molecule has 2 unspecified atom stereocenters. The summed E-state index contributed by atoms with van der Waals surface area (Å²) in [6.07, 6.45) is 1.34. The van der Waals surface area contributed by atoms with E-state index >= 15 is 0 Å². The minimum Gasteiger partial charge on any atom is -0.480 e. The smallest absolute Gasteiger partial charge is 0.320 e. The van der Waals surface area contributed by atoms with Crippen LogP contribution in [0.2, 0.25) is 0 Å². The molecule has 1 amide bonds. The van der Waals surface area contributed by atoms with Gasteiger partial charge in [0.15, 0.2) is 0 Å². The second-order valence-corrected chi connectivity index (χ2v) is 6.17. The molecule has 6 heteroatoms. The number of nitrogens with two attached hydrogens (primary N) is 1. The number of hydrogen-bond acceptors (Lipinski definition) is 4. The van der Waals surface area contributed by atoms with E-state index in [9.17, 15) is 9.59 Å². The summed E-state index contributed by atoms with van der Waals surface area (Å²) in [5.74, 6) is 0.155. The number of carboxylic acids is 1. The molecule has 2 atom stereocenters. The predicted molar refractivity (Wildman–Crippen MR) is 74.6 cm³/mol. The van der Waals surface area contributed by atoms with Crippen LogP contribution in [0.25, 0.3) is 0 Å². The third-order valence-corrected chi connectivity index (χ3v) is 3.69. The van der Waals surface area contributed by atoms with E-state index in [1.165, 1.54) is 11.8 Å². The average molecular weight is 276 g/mol. The topological polar surface area (TPSA) is 92.4 Å². The van der Waals surface area contributed by atoms with Gasteiger partial charge in [0.05, 0.1) is 5.25 Å². The first-order valence-corrected chi connectivity index (χ1v) is 7.27. The Kier molecular flexibility index (Phi) is 8.83. The Morgan fingerprint density at radius 2 is 1.89 bits per heavy atom. The largest absolute Gasteiger partial charge is 0.480 e. The van der Waals surface area contributed by atoms with Crippen molar-refractivity contribution in [1.29, 1.82) is 0 Å². The van der Waals surface area contributed by atoms with E-state index in [1.54, 1.807) is 0 Å². The second kappa shape index (κ2) is 9.22. The molecule has 0 aliphatic rings. The zero-order chi connectivity index (χ0) is 14.1. The molecule has 0 radical (unpaired) electrons. The van der Waals surface area contributed by atoms with Crippen LogP contribution in [-0.4, -0.2) is 40.6 Å². The summed E-state index contributed by atoms with van der Waals surface area (Å²) in [5, 5.41) is 11.3. The third-order valence-electron chi connectivity index (χ3n) is 2.50. The lowest BCUT2D eigenvalue weighted by Crippen LogP contribution is -2.33. The molecular weight excluding hydrogens is 252 g/mol. The van der Waals surface area contributed by atoms with Gasteiger partial charge in [-0.05, 0) is 31.4 Å². The molecule has 0 rings (SSSR count). The summed E-state index contributed by atoms with van der Waals surface area (Å²) in [6, 6.07) is -0.839. The minimum atomic E-state index is -0.996. The van der Waals surface area contributed by atoms with Crippen LogP contribution in [0.15, 0.2) is 0 Å². The molecule has 0 fully saturated rings. The fourth-order valence-electron chi connectivity index (χ4n) is 1.20.